The molecule has 8 nitrogen and oxygen atoms in total. The molecule has 3 heterocycles. The van der Waals surface area contributed by atoms with E-state index in [-0.39, 0.29) is 11.8 Å². The second kappa shape index (κ2) is 6.07. The Balaban J connectivity index is 1.58. The van der Waals surface area contributed by atoms with Crippen molar-refractivity contribution in [2.75, 3.05) is 13.1 Å². The summed E-state index contributed by atoms with van der Waals surface area (Å²) in [7, 11) is 3.74. The van der Waals surface area contributed by atoms with E-state index in [1.165, 1.54) is 0 Å². The van der Waals surface area contributed by atoms with E-state index in [0.717, 1.165) is 36.2 Å². The third kappa shape index (κ3) is 2.74. The molecule has 0 radical (unpaired) electrons. The Bertz CT molecular complexity index is 1000. The summed E-state index contributed by atoms with van der Waals surface area (Å²) in [4.78, 5) is 14.8. The molecule has 1 atom stereocenters. The number of aryl methyl sites for hydroxylation is 1. The monoisotopic (exact) mass is 357 g/mol. The predicted molar refractivity (Wildman–Crippen MR) is 94.8 cm³/mol. The number of carbonyl (C=O) groups excluding carboxylic acids is 1. The number of carbonyl (C=O) groups is 1. The minimum Gasteiger partial charge on any atom is -0.338 e. The van der Waals surface area contributed by atoms with E-state index in [0.29, 0.717) is 16.9 Å². The fraction of sp³-hybridized carbons (Fsp3) is 0.438. The van der Waals surface area contributed by atoms with Crippen molar-refractivity contribution in [3.05, 3.63) is 34.4 Å². The van der Waals surface area contributed by atoms with Crippen LogP contribution in [0.25, 0.3) is 11.0 Å². The highest BCUT2D eigenvalue weighted by Crippen LogP contribution is 2.26. The summed E-state index contributed by atoms with van der Waals surface area (Å²) in [6.45, 7) is 1.40. The van der Waals surface area contributed by atoms with Crippen LogP contribution in [0.5, 0.6) is 0 Å². The van der Waals surface area contributed by atoms with Gasteiger partial charge in [0.15, 0.2) is 4.77 Å². The standard InChI is InChI=1S/C16H19N7OS/c1-21-14(18-19-16(21)25)11-4-3-7-23(9-11)15(24)10-5-6-13-12(8-10)17-20-22(13)2/h5-6,8,11H,3-4,7,9H2,1-2H3,(H,19,25). The fourth-order valence-electron chi connectivity index (χ4n) is 3.45. The summed E-state index contributed by atoms with van der Waals surface area (Å²) in [5.74, 6) is 1.12. The summed E-state index contributed by atoms with van der Waals surface area (Å²) in [5.41, 5.74) is 2.29. The molecule has 0 spiro atoms. The second-order valence-electron chi connectivity index (χ2n) is 6.45. The van der Waals surface area contributed by atoms with Crippen molar-refractivity contribution in [3.8, 4) is 0 Å². The number of aromatic amines is 1. The quantitative estimate of drug-likeness (QED) is 0.707. The first-order chi connectivity index (χ1) is 12.0. The van der Waals surface area contributed by atoms with Crippen molar-refractivity contribution in [1.82, 2.24) is 34.7 Å². The maximum atomic E-state index is 12.9. The Labute approximate surface area is 149 Å². The molecule has 130 valence electrons. The van der Waals surface area contributed by atoms with Gasteiger partial charge in [0.25, 0.3) is 5.91 Å². The molecule has 9 heteroatoms. The number of piperidine rings is 1. The number of H-pyrrole nitrogens is 1. The number of aromatic nitrogens is 6. The molecule has 1 amide bonds. The Hall–Kier alpha value is -2.55. The van der Waals surface area contributed by atoms with Crippen molar-refractivity contribution in [1.29, 1.82) is 0 Å². The largest absolute Gasteiger partial charge is 0.338 e. The SMILES string of the molecule is Cn1c(C2CCCN(C(=O)c3ccc4c(c3)nnn4C)C2)n[nH]c1=S. The molecule has 1 saturated heterocycles. The van der Waals surface area contributed by atoms with Gasteiger partial charge in [-0.05, 0) is 43.3 Å². The number of nitrogens with zero attached hydrogens (tertiary/aromatic N) is 6. The summed E-state index contributed by atoms with van der Waals surface area (Å²) in [6.07, 6.45) is 1.95. The zero-order valence-electron chi connectivity index (χ0n) is 14.1. The van der Waals surface area contributed by atoms with Crippen LogP contribution < -0.4 is 0 Å². The first kappa shape index (κ1) is 15.9. The zero-order valence-corrected chi connectivity index (χ0v) is 15.0. The Morgan fingerprint density at radius 3 is 2.96 bits per heavy atom. The Morgan fingerprint density at radius 2 is 2.20 bits per heavy atom. The van der Waals surface area contributed by atoms with E-state index in [1.54, 1.807) is 4.68 Å². The van der Waals surface area contributed by atoms with E-state index >= 15 is 0 Å². The third-order valence-corrected chi connectivity index (χ3v) is 5.21. The van der Waals surface area contributed by atoms with Crippen LogP contribution in [0.1, 0.15) is 34.9 Å². The van der Waals surface area contributed by atoms with Crippen molar-refractivity contribution in [2.24, 2.45) is 14.1 Å². The average molecular weight is 357 g/mol. The highest BCUT2D eigenvalue weighted by atomic mass is 32.1. The molecule has 3 aromatic rings. The maximum Gasteiger partial charge on any atom is 0.253 e. The predicted octanol–water partition coefficient (Wildman–Crippen LogP) is 1.78. The molecule has 0 bridgehead atoms. The van der Waals surface area contributed by atoms with Gasteiger partial charge >= 0.3 is 0 Å². The number of hydrogen-bond donors (Lipinski definition) is 1. The Morgan fingerprint density at radius 1 is 1.36 bits per heavy atom. The lowest BCUT2D eigenvalue weighted by atomic mass is 9.96. The number of nitrogens with one attached hydrogen (secondary N) is 1. The maximum absolute atomic E-state index is 12.9. The molecule has 1 N–H and O–H groups in total. The van der Waals surface area contributed by atoms with Crippen LogP contribution in [-0.4, -0.2) is 53.7 Å². The van der Waals surface area contributed by atoms with Crippen LogP contribution in [0, 0.1) is 4.77 Å². The van der Waals surface area contributed by atoms with Gasteiger partial charge in [0.1, 0.15) is 11.3 Å². The molecule has 25 heavy (non-hydrogen) atoms. The normalized spacial score (nSPS) is 18.0. The minimum atomic E-state index is 0.0223. The first-order valence-electron chi connectivity index (χ1n) is 8.24. The zero-order chi connectivity index (χ0) is 17.6. The van der Waals surface area contributed by atoms with E-state index in [2.05, 4.69) is 20.5 Å². The van der Waals surface area contributed by atoms with Gasteiger partial charge in [-0.25, -0.2) is 4.68 Å². The van der Waals surface area contributed by atoms with Crippen LogP contribution in [0.15, 0.2) is 18.2 Å². The number of rotatable bonds is 2. The van der Waals surface area contributed by atoms with Gasteiger partial charge in [0, 0.05) is 38.7 Å². The van der Waals surface area contributed by atoms with Gasteiger partial charge in [0.2, 0.25) is 0 Å². The molecule has 1 aliphatic heterocycles. The Kier molecular flexibility index (Phi) is 3.87. The molecule has 0 aliphatic carbocycles. The average Bonchev–Trinajstić information content (AvgIpc) is 3.17. The van der Waals surface area contributed by atoms with Crippen molar-refractivity contribution in [3.63, 3.8) is 0 Å². The van der Waals surface area contributed by atoms with Crippen LogP contribution in [0.3, 0.4) is 0 Å². The van der Waals surface area contributed by atoms with Gasteiger partial charge < -0.3 is 9.47 Å². The number of hydrogen-bond acceptors (Lipinski definition) is 5. The fourth-order valence-corrected chi connectivity index (χ4v) is 3.59. The molecule has 1 aromatic carbocycles. The molecular formula is C16H19N7OS. The molecule has 1 fully saturated rings. The molecule has 0 saturated carbocycles. The van der Waals surface area contributed by atoms with Crippen LogP contribution in [0.4, 0.5) is 0 Å². The summed E-state index contributed by atoms with van der Waals surface area (Å²) >= 11 is 5.20. The van der Waals surface area contributed by atoms with Gasteiger partial charge in [-0.1, -0.05) is 5.21 Å². The summed E-state index contributed by atoms with van der Waals surface area (Å²) in [6, 6.07) is 5.54. The smallest absolute Gasteiger partial charge is 0.253 e. The number of amides is 1. The first-order valence-corrected chi connectivity index (χ1v) is 8.65. The number of fused-ring (bicyclic) bond motifs is 1. The van der Waals surface area contributed by atoms with Crippen molar-refractivity contribution < 1.29 is 4.79 Å². The molecule has 1 unspecified atom stereocenters. The van der Waals surface area contributed by atoms with E-state index in [4.69, 9.17) is 12.2 Å². The number of likely N-dealkylation sites (tertiary alicyclic amines) is 1. The molecule has 2 aromatic heterocycles. The van der Waals surface area contributed by atoms with Gasteiger partial charge in [-0.2, -0.15) is 5.10 Å². The van der Waals surface area contributed by atoms with E-state index in [9.17, 15) is 4.79 Å². The van der Waals surface area contributed by atoms with Crippen LogP contribution >= 0.6 is 12.2 Å². The molecule has 1 aliphatic rings. The van der Waals surface area contributed by atoms with Crippen molar-refractivity contribution in [2.45, 2.75) is 18.8 Å². The minimum absolute atomic E-state index is 0.0223. The number of benzene rings is 1. The highest BCUT2D eigenvalue weighted by molar-refractivity contribution is 7.71. The van der Waals surface area contributed by atoms with Gasteiger partial charge in [-0.3, -0.25) is 9.89 Å². The lowest BCUT2D eigenvalue weighted by Crippen LogP contribution is -2.39. The van der Waals surface area contributed by atoms with E-state index in [1.807, 2.05) is 41.8 Å². The van der Waals surface area contributed by atoms with Gasteiger partial charge in [-0.15, -0.1) is 5.10 Å². The molecule has 4 rings (SSSR count). The second-order valence-corrected chi connectivity index (χ2v) is 6.84. The molecular weight excluding hydrogens is 338 g/mol. The lowest BCUT2D eigenvalue weighted by Gasteiger charge is -2.32. The highest BCUT2D eigenvalue weighted by Gasteiger charge is 2.28. The van der Waals surface area contributed by atoms with Gasteiger partial charge in [0.05, 0.1) is 5.52 Å². The summed E-state index contributed by atoms with van der Waals surface area (Å²) in [5, 5.41) is 15.2. The topological polar surface area (TPSA) is 84.6 Å². The van der Waals surface area contributed by atoms with E-state index < -0.39 is 0 Å². The van der Waals surface area contributed by atoms with Crippen molar-refractivity contribution >= 4 is 29.2 Å². The van der Waals surface area contributed by atoms with Crippen LogP contribution in [-0.2, 0) is 14.1 Å². The third-order valence-electron chi connectivity index (χ3n) is 4.85. The lowest BCUT2D eigenvalue weighted by molar-refractivity contribution is 0.0703. The summed E-state index contributed by atoms with van der Waals surface area (Å²) < 4.78 is 4.19. The van der Waals surface area contributed by atoms with Crippen LogP contribution in [0.2, 0.25) is 0 Å².